The van der Waals surface area contributed by atoms with E-state index >= 15 is 0 Å². The zero-order valence-electron chi connectivity index (χ0n) is 11.6. The van der Waals surface area contributed by atoms with Crippen molar-refractivity contribution in [2.24, 2.45) is 0 Å². The number of nitrogens with one attached hydrogen (secondary N) is 1. The van der Waals surface area contributed by atoms with Gasteiger partial charge in [-0.1, -0.05) is 0 Å². The number of rotatable bonds is 4. The second-order valence-corrected chi connectivity index (χ2v) is 5.24. The zero-order valence-corrected chi connectivity index (χ0v) is 11.6. The maximum Gasteiger partial charge on any atom is 0.157 e. The molecule has 19 heavy (non-hydrogen) atoms. The summed E-state index contributed by atoms with van der Waals surface area (Å²) in [5, 5.41) is 7.97. The first-order chi connectivity index (χ1) is 9.13. The van der Waals surface area contributed by atoms with Gasteiger partial charge in [0, 0.05) is 35.6 Å². The van der Waals surface area contributed by atoms with E-state index in [1.54, 1.807) is 0 Å². The second kappa shape index (κ2) is 4.74. The Hall–Kier alpha value is -1.75. The molecule has 5 heteroatoms. The van der Waals surface area contributed by atoms with Crippen LogP contribution in [0.4, 0.5) is 0 Å². The molecule has 0 aromatic carbocycles. The smallest absolute Gasteiger partial charge is 0.157 e. The Morgan fingerprint density at radius 2 is 2.05 bits per heavy atom. The van der Waals surface area contributed by atoms with E-state index in [4.69, 9.17) is 0 Å². The summed E-state index contributed by atoms with van der Waals surface area (Å²) in [4.78, 5) is 8.75. The van der Waals surface area contributed by atoms with Gasteiger partial charge in [0.25, 0.3) is 0 Å². The molecule has 3 rings (SSSR count). The number of aromatic nitrogens is 4. The van der Waals surface area contributed by atoms with Gasteiger partial charge in [-0.25, -0.2) is 14.6 Å². The summed E-state index contributed by atoms with van der Waals surface area (Å²) >= 11 is 0. The van der Waals surface area contributed by atoms with E-state index in [1.165, 1.54) is 18.4 Å². The van der Waals surface area contributed by atoms with Gasteiger partial charge in [0.15, 0.2) is 5.82 Å². The lowest BCUT2D eigenvalue weighted by Crippen LogP contribution is -2.15. The van der Waals surface area contributed by atoms with Crippen LogP contribution >= 0.6 is 0 Å². The van der Waals surface area contributed by atoms with Crippen LogP contribution in [0.3, 0.4) is 0 Å². The van der Waals surface area contributed by atoms with Crippen LogP contribution in [-0.2, 0) is 6.54 Å². The van der Waals surface area contributed by atoms with Crippen molar-refractivity contribution in [1.29, 1.82) is 0 Å². The molecule has 0 unspecified atom stereocenters. The highest BCUT2D eigenvalue weighted by Crippen LogP contribution is 2.20. The molecule has 2 heterocycles. The van der Waals surface area contributed by atoms with Gasteiger partial charge in [0.2, 0.25) is 0 Å². The predicted molar refractivity (Wildman–Crippen MR) is 73.2 cm³/mol. The molecular formula is C14H19N5. The van der Waals surface area contributed by atoms with E-state index in [0.717, 1.165) is 29.6 Å². The highest BCUT2D eigenvalue weighted by Gasteiger charge is 2.21. The molecule has 5 nitrogen and oxygen atoms in total. The van der Waals surface area contributed by atoms with Crippen molar-refractivity contribution in [1.82, 2.24) is 25.1 Å². The van der Waals surface area contributed by atoms with E-state index in [0.29, 0.717) is 6.04 Å². The van der Waals surface area contributed by atoms with Crippen LogP contribution < -0.4 is 5.32 Å². The Balaban J connectivity index is 1.87. The van der Waals surface area contributed by atoms with Crippen molar-refractivity contribution >= 4 is 0 Å². The molecule has 0 bridgehead atoms. The van der Waals surface area contributed by atoms with Gasteiger partial charge < -0.3 is 5.32 Å². The van der Waals surface area contributed by atoms with Crippen LogP contribution in [0, 0.1) is 20.8 Å². The third kappa shape index (κ3) is 2.66. The first kappa shape index (κ1) is 12.3. The summed E-state index contributed by atoms with van der Waals surface area (Å²) in [5.41, 5.74) is 3.35. The Kier molecular flexibility index (Phi) is 3.06. The minimum Gasteiger partial charge on any atom is -0.310 e. The van der Waals surface area contributed by atoms with Crippen LogP contribution in [0.1, 0.15) is 35.6 Å². The van der Waals surface area contributed by atoms with Crippen molar-refractivity contribution in [3.8, 4) is 5.82 Å². The fourth-order valence-electron chi connectivity index (χ4n) is 2.20. The summed E-state index contributed by atoms with van der Waals surface area (Å²) in [6.45, 7) is 6.86. The van der Waals surface area contributed by atoms with Gasteiger partial charge >= 0.3 is 0 Å². The Bertz CT molecular complexity index is 578. The highest BCUT2D eigenvalue weighted by atomic mass is 15.3. The molecule has 0 amide bonds. The largest absolute Gasteiger partial charge is 0.310 e. The molecule has 0 radical (unpaired) electrons. The first-order valence-electron chi connectivity index (χ1n) is 6.73. The lowest BCUT2D eigenvalue weighted by molar-refractivity contribution is 0.683. The molecule has 0 saturated heterocycles. The molecule has 1 aliphatic carbocycles. The number of nitrogens with zero attached hydrogens (tertiary/aromatic N) is 4. The van der Waals surface area contributed by atoms with Crippen LogP contribution in [0.5, 0.6) is 0 Å². The van der Waals surface area contributed by atoms with Crippen molar-refractivity contribution in [2.75, 3.05) is 0 Å². The lowest BCUT2D eigenvalue weighted by Gasteiger charge is -2.07. The van der Waals surface area contributed by atoms with Crippen LogP contribution in [0.15, 0.2) is 12.3 Å². The molecule has 0 spiro atoms. The van der Waals surface area contributed by atoms with E-state index < -0.39 is 0 Å². The first-order valence-corrected chi connectivity index (χ1v) is 6.73. The third-order valence-corrected chi connectivity index (χ3v) is 3.44. The maximum atomic E-state index is 4.45. The minimum atomic E-state index is 0.714. The summed E-state index contributed by atoms with van der Waals surface area (Å²) in [5.74, 6) is 1.63. The molecule has 0 atom stereocenters. The molecule has 100 valence electrons. The standard InChI is InChI=1S/C14H19N5/c1-9-6-14(18-11(3)17-9)19-10(2)12(8-16-19)7-15-13-4-5-13/h6,8,13,15H,4-5,7H2,1-3H3. The predicted octanol–water partition coefficient (Wildman–Crippen LogP) is 1.84. The van der Waals surface area contributed by atoms with Crippen LogP contribution in [0.25, 0.3) is 5.82 Å². The Morgan fingerprint density at radius 1 is 1.26 bits per heavy atom. The molecule has 1 aliphatic rings. The molecule has 1 fully saturated rings. The van der Waals surface area contributed by atoms with E-state index in [2.05, 4.69) is 27.3 Å². The summed E-state index contributed by atoms with van der Waals surface area (Å²) < 4.78 is 1.89. The highest BCUT2D eigenvalue weighted by molar-refractivity contribution is 5.29. The second-order valence-electron chi connectivity index (χ2n) is 5.24. The quantitative estimate of drug-likeness (QED) is 0.908. The monoisotopic (exact) mass is 257 g/mol. The molecule has 1 N–H and O–H groups in total. The molecule has 2 aromatic rings. The summed E-state index contributed by atoms with van der Waals surface area (Å²) in [6, 6.07) is 2.68. The average molecular weight is 257 g/mol. The van der Waals surface area contributed by atoms with Gasteiger partial charge in [0.1, 0.15) is 5.82 Å². The summed E-state index contributed by atoms with van der Waals surface area (Å²) in [6.07, 6.45) is 4.53. The van der Waals surface area contributed by atoms with Gasteiger partial charge in [0.05, 0.1) is 6.20 Å². The maximum absolute atomic E-state index is 4.45. The van der Waals surface area contributed by atoms with Crippen LogP contribution in [-0.4, -0.2) is 25.8 Å². The third-order valence-electron chi connectivity index (χ3n) is 3.44. The topological polar surface area (TPSA) is 55.6 Å². The van der Waals surface area contributed by atoms with Crippen molar-refractivity contribution < 1.29 is 0 Å². The van der Waals surface area contributed by atoms with Gasteiger partial charge in [-0.15, -0.1) is 0 Å². The van der Waals surface area contributed by atoms with E-state index in [1.807, 2.05) is 30.8 Å². The van der Waals surface area contributed by atoms with Crippen molar-refractivity contribution in [2.45, 2.75) is 46.2 Å². The number of hydrogen-bond donors (Lipinski definition) is 1. The Morgan fingerprint density at radius 3 is 2.74 bits per heavy atom. The van der Waals surface area contributed by atoms with Crippen molar-refractivity contribution in [3.63, 3.8) is 0 Å². The zero-order chi connectivity index (χ0) is 13.4. The summed E-state index contributed by atoms with van der Waals surface area (Å²) in [7, 11) is 0. The van der Waals surface area contributed by atoms with Crippen LogP contribution in [0.2, 0.25) is 0 Å². The van der Waals surface area contributed by atoms with E-state index in [9.17, 15) is 0 Å². The number of aryl methyl sites for hydroxylation is 2. The SMILES string of the molecule is Cc1cc(-n2ncc(CNC3CC3)c2C)nc(C)n1. The number of hydrogen-bond acceptors (Lipinski definition) is 4. The fourth-order valence-corrected chi connectivity index (χ4v) is 2.20. The van der Waals surface area contributed by atoms with Gasteiger partial charge in [-0.05, 0) is 33.6 Å². The molecule has 0 aliphatic heterocycles. The van der Waals surface area contributed by atoms with E-state index in [-0.39, 0.29) is 0 Å². The molecule has 2 aromatic heterocycles. The average Bonchev–Trinajstić information content (AvgIpc) is 3.09. The lowest BCUT2D eigenvalue weighted by atomic mass is 10.2. The molecular weight excluding hydrogens is 238 g/mol. The minimum absolute atomic E-state index is 0.714. The normalized spacial score (nSPS) is 14.9. The van der Waals surface area contributed by atoms with Gasteiger partial charge in [-0.3, -0.25) is 0 Å². The van der Waals surface area contributed by atoms with Crippen molar-refractivity contribution in [3.05, 3.63) is 35.0 Å². The Labute approximate surface area is 113 Å². The van der Waals surface area contributed by atoms with Gasteiger partial charge in [-0.2, -0.15) is 5.10 Å². The molecule has 1 saturated carbocycles. The fraction of sp³-hybridized carbons (Fsp3) is 0.500.